The van der Waals surface area contributed by atoms with E-state index >= 15 is 0 Å². The third-order valence-corrected chi connectivity index (χ3v) is 4.12. The molecule has 0 saturated heterocycles. The van der Waals surface area contributed by atoms with Crippen molar-refractivity contribution < 1.29 is 9.47 Å². The molecule has 0 amide bonds. The van der Waals surface area contributed by atoms with Crippen LogP contribution in [0.25, 0.3) is 0 Å². The fraction of sp³-hybridized carbons (Fsp3) is 0.647. The number of nitrogens with one attached hydrogen (secondary N) is 1. The number of halogens is 1. The first-order valence-corrected chi connectivity index (χ1v) is 8.46. The highest BCUT2D eigenvalue weighted by Crippen LogP contribution is 2.38. The summed E-state index contributed by atoms with van der Waals surface area (Å²) in [4.78, 5) is 0. The lowest BCUT2D eigenvalue weighted by Crippen LogP contribution is -2.21. The van der Waals surface area contributed by atoms with Crippen LogP contribution in [-0.2, 0) is 0 Å². The molecule has 4 heteroatoms. The summed E-state index contributed by atoms with van der Waals surface area (Å²) in [5, 5.41) is 4.31. The molecule has 0 bridgehead atoms. The molecule has 1 aromatic carbocycles. The van der Waals surface area contributed by atoms with E-state index in [4.69, 9.17) is 21.1 Å². The quantitative estimate of drug-likeness (QED) is 0.738. The molecule has 1 heterocycles. The lowest BCUT2D eigenvalue weighted by atomic mass is 9.99. The third-order valence-electron chi connectivity index (χ3n) is 3.79. The summed E-state index contributed by atoms with van der Waals surface area (Å²) in [6.45, 7) is 6.68. The molecule has 0 aromatic heterocycles. The minimum absolute atomic E-state index is 0.284. The summed E-state index contributed by atoms with van der Waals surface area (Å²) in [7, 11) is 0. The molecule has 1 aliphatic rings. The summed E-state index contributed by atoms with van der Waals surface area (Å²) in [6.07, 6.45) is 5.70. The summed E-state index contributed by atoms with van der Waals surface area (Å²) < 4.78 is 11.5. The van der Waals surface area contributed by atoms with E-state index in [0.717, 1.165) is 41.5 Å². The van der Waals surface area contributed by atoms with Gasteiger partial charge in [0.25, 0.3) is 0 Å². The first kappa shape index (κ1) is 16.4. The van der Waals surface area contributed by atoms with Crippen LogP contribution in [0, 0.1) is 0 Å². The Morgan fingerprint density at radius 2 is 1.86 bits per heavy atom. The monoisotopic (exact) mass is 311 g/mol. The highest BCUT2D eigenvalue weighted by Gasteiger charge is 2.19. The van der Waals surface area contributed by atoms with Crippen LogP contribution in [0.4, 0.5) is 0 Å². The second kappa shape index (κ2) is 8.50. The van der Waals surface area contributed by atoms with Gasteiger partial charge in [0.1, 0.15) is 0 Å². The van der Waals surface area contributed by atoms with Crippen molar-refractivity contribution in [3.05, 3.63) is 22.7 Å². The van der Waals surface area contributed by atoms with Crippen molar-refractivity contribution in [3.63, 3.8) is 0 Å². The molecular formula is C17H26ClNO2. The lowest BCUT2D eigenvalue weighted by molar-refractivity contribution is 0.297. The smallest absolute Gasteiger partial charge is 0.162 e. The standard InChI is InChI=1S/C17H26ClNO2/c1-3-5-6-8-15(19-4-2)13-11-16-17(12-14(13)18)21-10-7-9-20-16/h11-12,15,19H,3-10H2,1-2H3. The average molecular weight is 312 g/mol. The van der Waals surface area contributed by atoms with E-state index in [9.17, 15) is 0 Å². The van der Waals surface area contributed by atoms with Gasteiger partial charge in [-0.3, -0.25) is 0 Å². The largest absolute Gasteiger partial charge is 0.490 e. The molecule has 0 saturated carbocycles. The van der Waals surface area contributed by atoms with Gasteiger partial charge < -0.3 is 14.8 Å². The number of ether oxygens (including phenoxy) is 2. The Labute approximate surface area is 133 Å². The summed E-state index contributed by atoms with van der Waals surface area (Å²) in [5.41, 5.74) is 1.12. The number of fused-ring (bicyclic) bond motifs is 1. The van der Waals surface area contributed by atoms with Crippen LogP contribution in [0.5, 0.6) is 11.5 Å². The minimum Gasteiger partial charge on any atom is -0.490 e. The van der Waals surface area contributed by atoms with Crippen molar-refractivity contribution >= 4 is 11.6 Å². The zero-order valence-electron chi connectivity index (χ0n) is 13.1. The van der Waals surface area contributed by atoms with Crippen LogP contribution in [0.1, 0.15) is 57.6 Å². The lowest BCUT2D eigenvalue weighted by Gasteiger charge is -2.21. The van der Waals surface area contributed by atoms with Crippen LogP contribution in [0.2, 0.25) is 5.02 Å². The second-order valence-electron chi connectivity index (χ2n) is 5.48. The SMILES string of the molecule is CCCCCC(NCC)c1cc2c(cc1Cl)OCCCO2. The minimum atomic E-state index is 0.284. The van der Waals surface area contributed by atoms with Gasteiger partial charge in [-0.15, -0.1) is 0 Å². The predicted octanol–water partition coefficient (Wildman–Crippen LogP) is 4.73. The van der Waals surface area contributed by atoms with Crippen LogP contribution < -0.4 is 14.8 Å². The summed E-state index contributed by atoms with van der Waals surface area (Å²) in [6, 6.07) is 4.25. The summed E-state index contributed by atoms with van der Waals surface area (Å²) in [5.74, 6) is 1.59. The van der Waals surface area contributed by atoms with Gasteiger partial charge in [0, 0.05) is 23.6 Å². The Balaban J connectivity index is 2.20. The molecule has 1 unspecified atom stereocenters. The van der Waals surface area contributed by atoms with Crippen molar-refractivity contribution in [1.82, 2.24) is 5.32 Å². The number of unbranched alkanes of at least 4 members (excludes halogenated alkanes) is 2. The Morgan fingerprint density at radius 1 is 1.14 bits per heavy atom. The molecule has 0 spiro atoms. The van der Waals surface area contributed by atoms with Crippen LogP contribution >= 0.6 is 11.6 Å². The van der Waals surface area contributed by atoms with Gasteiger partial charge in [-0.2, -0.15) is 0 Å². The van der Waals surface area contributed by atoms with Gasteiger partial charge in [0.15, 0.2) is 11.5 Å². The molecule has 1 aliphatic heterocycles. The van der Waals surface area contributed by atoms with Crippen molar-refractivity contribution in [1.29, 1.82) is 0 Å². The van der Waals surface area contributed by atoms with Crippen molar-refractivity contribution in [3.8, 4) is 11.5 Å². The first-order valence-electron chi connectivity index (χ1n) is 8.08. The van der Waals surface area contributed by atoms with Gasteiger partial charge >= 0.3 is 0 Å². The molecule has 1 N–H and O–H groups in total. The Hall–Kier alpha value is -0.930. The predicted molar refractivity (Wildman–Crippen MR) is 87.6 cm³/mol. The topological polar surface area (TPSA) is 30.5 Å². The van der Waals surface area contributed by atoms with Gasteiger partial charge in [-0.1, -0.05) is 44.7 Å². The van der Waals surface area contributed by atoms with E-state index in [1.54, 1.807) is 0 Å². The van der Waals surface area contributed by atoms with Crippen LogP contribution in [-0.4, -0.2) is 19.8 Å². The molecule has 0 fully saturated rings. The van der Waals surface area contributed by atoms with Gasteiger partial charge in [0.05, 0.1) is 13.2 Å². The fourth-order valence-electron chi connectivity index (χ4n) is 2.68. The fourth-order valence-corrected chi connectivity index (χ4v) is 2.96. The van der Waals surface area contributed by atoms with E-state index in [-0.39, 0.29) is 6.04 Å². The Morgan fingerprint density at radius 3 is 2.52 bits per heavy atom. The van der Waals surface area contributed by atoms with E-state index < -0.39 is 0 Å². The maximum Gasteiger partial charge on any atom is 0.162 e. The molecule has 0 aliphatic carbocycles. The molecular weight excluding hydrogens is 286 g/mol. The van der Waals surface area contributed by atoms with E-state index in [1.165, 1.54) is 19.3 Å². The van der Waals surface area contributed by atoms with Crippen LogP contribution in [0.3, 0.4) is 0 Å². The second-order valence-corrected chi connectivity index (χ2v) is 5.88. The molecule has 1 atom stereocenters. The zero-order valence-corrected chi connectivity index (χ0v) is 13.8. The normalized spacial score (nSPS) is 15.6. The average Bonchev–Trinajstić information content (AvgIpc) is 2.70. The third kappa shape index (κ3) is 4.52. The van der Waals surface area contributed by atoms with Gasteiger partial charge in [-0.25, -0.2) is 0 Å². The number of rotatable bonds is 7. The maximum absolute atomic E-state index is 6.48. The molecule has 0 radical (unpaired) electrons. The van der Waals surface area contributed by atoms with E-state index in [0.29, 0.717) is 13.2 Å². The van der Waals surface area contributed by atoms with Gasteiger partial charge in [-0.05, 0) is 24.6 Å². The van der Waals surface area contributed by atoms with Crippen molar-refractivity contribution in [2.75, 3.05) is 19.8 Å². The highest BCUT2D eigenvalue weighted by atomic mass is 35.5. The molecule has 3 nitrogen and oxygen atoms in total. The molecule has 118 valence electrons. The number of benzene rings is 1. The molecule has 21 heavy (non-hydrogen) atoms. The zero-order chi connectivity index (χ0) is 15.1. The van der Waals surface area contributed by atoms with Crippen LogP contribution in [0.15, 0.2) is 12.1 Å². The maximum atomic E-state index is 6.48. The number of hydrogen-bond donors (Lipinski definition) is 1. The number of hydrogen-bond acceptors (Lipinski definition) is 3. The van der Waals surface area contributed by atoms with E-state index in [2.05, 4.69) is 25.2 Å². The first-order chi connectivity index (χ1) is 10.3. The molecule has 1 aromatic rings. The Kier molecular flexibility index (Phi) is 6.65. The highest BCUT2D eigenvalue weighted by molar-refractivity contribution is 6.31. The summed E-state index contributed by atoms with van der Waals surface area (Å²) >= 11 is 6.48. The van der Waals surface area contributed by atoms with Crippen molar-refractivity contribution in [2.45, 2.75) is 52.0 Å². The van der Waals surface area contributed by atoms with Crippen molar-refractivity contribution in [2.24, 2.45) is 0 Å². The Bertz CT molecular complexity index is 451. The molecule has 2 rings (SSSR count). The van der Waals surface area contributed by atoms with Gasteiger partial charge in [0.2, 0.25) is 0 Å². The van der Waals surface area contributed by atoms with E-state index in [1.807, 2.05) is 6.07 Å².